The fourth-order valence-corrected chi connectivity index (χ4v) is 3.70. The molecule has 8 heteroatoms. The van der Waals surface area contributed by atoms with Gasteiger partial charge >= 0.3 is 0 Å². The van der Waals surface area contributed by atoms with E-state index in [1.54, 1.807) is 30.3 Å². The molecule has 1 aromatic heterocycles. The fourth-order valence-electron chi connectivity index (χ4n) is 3.70. The van der Waals surface area contributed by atoms with Gasteiger partial charge in [-0.25, -0.2) is 9.37 Å². The number of aromatic amines is 1. The molecule has 1 fully saturated rings. The van der Waals surface area contributed by atoms with Gasteiger partial charge in [-0.2, -0.15) is 0 Å². The Morgan fingerprint density at radius 1 is 1.07 bits per heavy atom. The summed E-state index contributed by atoms with van der Waals surface area (Å²) in [5.41, 5.74) is 0.832. The summed E-state index contributed by atoms with van der Waals surface area (Å²) < 4.78 is 13.9. The summed E-state index contributed by atoms with van der Waals surface area (Å²) in [5.74, 6) is -0.548. The molecule has 156 valence electrons. The average Bonchev–Trinajstić information content (AvgIpc) is 2.77. The van der Waals surface area contributed by atoms with Crippen LogP contribution in [-0.4, -0.2) is 60.0 Å². The van der Waals surface area contributed by atoms with Crippen LogP contribution in [0.4, 0.5) is 10.1 Å². The first-order valence-electron chi connectivity index (χ1n) is 10.1. The van der Waals surface area contributed by atoms with Crippen LogP contribution < -0.4 is 15.8 Å². The third kappa shape index (κ3) is 4.49. The summed E-state index contributed by atoms with van der Waals surface area (Å²) in [6.45, 7) is 4.57. The van der Waals surface area contributed by atoms with Crippen LogP contribution >= 0.6 is 0 Å². The number of hydrogen-bond donors (Lipinski definition) is 2. The van der Waals surface area contributed by atoms with E-state index in [-0.39, 0.29) is 23.1 Å². The van der Waals surface area contributed by atoms with E-state index in [0.29, 0.717) is 23.1 Å². The Morgan fingerprint density at radius 2 is 1.80 bits per heavy atom. The van der Waals surface area contributed by atoms with Gasteiger partial charge in [-0.15, -0.1) is 0 Å². The molecule has 2 aromatic carbocycles. The maximum absolute atomic E-state index is 13.9. The smallest absolute Gasteiger partial charge is 0.287 e. The second-order valence-electron chi connectivity index (χ2n) is 7.32. The number of fused-ring (bicyclic) bond motifs is 1. The Labute approximate surface area is 173 Å². The lowest BCUT2D eigenvalue weighted by Gasteiger charge is -2.36. The lowest BCUT2D eigenvalue weighted by molar-refractivity contribution is 0.0941. The lowest BCUT2D eigenvalue weighted by Crippen LogP contribution is -2.47. The van der Waals surface area contributed by atoms with E-state index in [4.69, 9.17) is 0 Å². The summed E-state index contributed by atoms with van der Waals surface area (Å²) in [6.07, 6.45) is 0.781. The maximum Gasteiger partial charge on any atom is 0.287 e. The van der Waals surface area contributed by atoms with Crippen LogP contribution in [0.2, 0.25) is 0 Å². The number of anilines is 1. The third-order valence-electron chi connectivity index (χ3n) is 5.33. The van der Waals surface area contributed by atoms with Crippen molar-refractivity contribution in [3.8, 4) is 0 Å². The Morgan fingerprint density at radius 3 is 2.60 bits per heavy atom. The molecule has 4 rings (SSSR count). The second kappa shape index (κ2) is 9.04. The average molecular weight is 409 g/mol. The van der Waals surface area contributed by atoms with Crippen molar-refractivity contribution in [3.63, 3.8) is 0 Å². The second-order valence-corrected chi connectivity index (χ2v) is 7.32. The zero-order chi connectivity index (χ0) is 20.9. The number of aromatic nitrogens is 2. The van der Waals surface area contributed by atoms with Gasteiger partial charge in [0.2, 0.25) is 0 Å². The van der Waals surface area contributed by atoms with E-state index in [0.717, 1.165) is 39.1 Å². The molecule has 2 N–H and O–H groups in total. The molecule has 2 heterocycles. The minimum absolute atomic E-state index is 0.0252. The molecule has 1 amide bonds. The van der Waals surface area contributed by atoms with Crippen molar-refractivity contribution in [2.24, 2.45) is 0 Å². The lowest BCUT2D eigenvalue weighted by atomic mass is 10.2. The molecular weight excluding hydrogens is 385 g/mol. The molecule has 0 aliphatic carbocycles. The predicted octanol–water partition coefficient (Wildman–Crippen LogP) is 2.00. The van der Waals surface area contributed by atoms with Crippen molar-refractivity contribution in [1.29, 1.82) is 0 Å². The number of nitrogens with zero attached hydrogens (tertiary/aromatic N) is 3. The van der Waals surface area contributed by atoms with Crippen molar-refractivity contribution < 1.29 is 9.18 Å². The number of nitrogens with one attached hydrogen (secondary N) is 2. The van der Waals surface area contributed by atoms with Crippen LogP contribution in [0.3, 0.4) is 0 Å². The number of para-hydroxylation sites is 2. The van der Waals surface area contributed by atoms with Gasteiger partial charge in [0, 0.05) is 32.7 Å². The number of H-pyrrole nitrogens is 1. The molecule has 0 unspecified atom stereocenters. The van der Waals surface area contributed by atoms with Crippen molar-refractivity contribution in [2.45, 2.75) is 6.42 Å². The molecule has 3 aromatic rings. The number of amides is 1. The summed E-state index contributed by atoms with van der Waals surface area (Å²) in [6, 6.07) is 13.8. The zero-order valence-electron chi connectivity index (χ0n) is 16.6. The molecule has 0 bridgehead atoms. The van der Waals surface area contributed by atoms with Crippen LogP contribution in [0.5, 0.6) is 0 Å². The van der Waals surface area contributed by atoms with Crippen LogP contribution in [0.1, 0.15) is 17.0 Å². The highest BCUT2D eigenvalue weighted by Crippen LogP contribution is 2.20. The van der Waals surface area contributed by atoms with Crippen molar-refractivity contribution in [3.05, 3.63) is 70.5 Å². The Hall–Kier alpha value is -3.26. The number of halogens is 1. The standard InChI is InChI=1S/C22H24FN5O2/c23-17-7-2-4-9-19(17)28-14-12-27(13-15-28)11-5-10-24-22(30)20-25-18-8-3-1-6-16(18)21(29)26-20/h1-4,6-9H,5,10-15H2,(H,24,30)(H,25,26,29). The molecule has 1 aliphatic heterocycles. The monoisotopic (exact) mass is 409 g/mol. The van der Waals surface area contributed by atoms with Crippen LogP contribution in [-0.2, 0) is 0 Å². The molecule has 1 saturated heterocycles. The molecule has 30 heavy (non-hydrogen) atoms. The van der Waals surface area contributed by atoms with Crippen molar-refractivity contribution >= 4 is 22.5 Å². The first-order valence-corrected chi connectivity index (χ1v) is 10.1. The van der Waals surface area contributed by atoms with Gasteiger partial charge in [-0.1, -0.05) is 24.3 Å². The number of carbonyl (C=O) groups is 1. The molecule has 0 spiro atoms. The normalized spacial score (nSPS) is 14.8. The van der Waals surface area contributed by atoms with E-state index in [2.05, 4.69) is 25.1 Å². The van der Waals surface area contributed by atoms with Gasteiger partial charge in [-0.3, -0.25) is 14.5 Å². The zero-order valence-corrected chi connectivity index (χ0v) is 16.6. The SMILES string of the molecule is O=C(NCCCN1CCN(c2ccccc2F)CC1)c1nc2ccccc2c(=O)[nH]1. The van der Waals surface area contributed by atoms with Gasteiger partial charge in [0.05, 0.1) is 16.6 Å². The molecule has 1 aliphatic rings. The minimum atomic E-state index is -0.387. The summed E-state index contributed by atoms with van der Waals surface area (Å²) >= 11 is 0. The highest BCUT2D eigenvalue weighted by atomic mass is 19.1. The first kappa shape index (κ1) is 20.0. The van der Waals surface area contributed by atoms with Gasteiger partial charge in [-0.05, 0) is 37.2 Å². The highest BCUT2D eigenvalue weighted by molar-refractivity contribution is 5.92. The Balaban J connectivity index is 1.23. The number of hydrogen-bond acceptors (Lipinski definition) is 5. The number of benzene rings is 2. The summed E-state index contributed by atoms with van der Waals surface area (Å²) in [7, 11) is 0. The predicted molar refractivity (Wildman–Crippen MR) is 114 cm³/mol. The van der Waals surface area contributed by atoms with Crippen molar-refractivity contribution in [2.75, 3.05) is 44.2 Å². The Bertz CT molecular complexity index is 1090. The van der Waals surface area contributed by atoms with Gasteiger partial charge in [0.15, 0.2) is 5.82 Å². The maximum atomic E-state index is 13.9. The quantitative estimate of drug-likeness (QED) is 0.609. The first-order chi connectivity index (χ1) is 14.6. The largest absolute Gasteiger partial charge is 0.367 e. The minimum Gasteiger partial charge on any atom is -0.367 e. The van der Waals surface area contributed by atoms with Crippen molar-refractivity contribution in [1.82, 2.24) is 20.2 Å². The van der Waals surface area contributed by atoms with E-state index in [9.17, 15) is 14.0 Å². The number of piperazine rings is 1. The van der Waals surface area contributed by atoms with Gasteiger partial charge < -0.3 is 15.2 Å². The molecular formula is C22H24FN5O2. The molecule has 7 nitrogen and oxygen atoms in total. The summed E-state index contributed by atoms with van der Waals surface area (Å²) in [4.78, 5) is 35.5. The number of rotatable bonds is 6. The van der Waals surface area contributed by atoms with E-state index < -0.39 is 0 Å². The van der Waals surface area contributed by atoms with Gasteiger partial charge in [0.1, 0.15) is 5.82 Å². The van der Waals surface area contributed by atoms with E-state index in [1.807, 2.05) is 12.1 Å². The van der Waals surface area contributed by atoms with Gasteiger partial charge in [0.25, 0.3) is 11.5 Å². The number of carbonyl (C=O) groups excluding carboxylic acids is 1. The van der Waals surface area contributed by atoms with Crippen LogP contribution in [0.15, 0.2) is 53.3 Å². The highest BCUT2D eigenvalue weighted by Gasteiger charge is 2.19. The molecule has 0 atom stereocenters. The third-order valence-corrected chi connectivity index (χ3v) is 5.33. The topological polar surface area (TPSA) is 81.3 Å². The van der Waals surface area contributed by atoms with E-state index >= 15 is 0 Å². The molecule has 0 radical (unpaired) electrons. The fraction of sp³-hybridized carbons (Fsp3) is 0.318. The van der Waals surface area contributed by atoms with Crippen LogP contribution in [0.25, 0.3) is 10.9 Å². The molecule has 0 saturated carbocycles. The van der Waals surface area contributed by atoms with E-state index in [1.165, 1.54) is 6.07 Å². The van der Waals surface area contributed by atoms with Crippen LogP contribution in [0, 0.1) is 5.82 Å². The Kier molecular flexibility index (Phi) is 6.04. The summed E-state index contributed by atoms with van der Waals surface area (Å²) in [5, 5.41) is 3.28.